The topological polar surface area (TPSA) is 62.7 Å². The average Bonchev–Trinajstić information content (AvgIpc) is 2.42. The Balaban J connectivity index is 2.15. The molecule has 1 aromatic carbocycles. The minimum Gasteiger partial charge on any atom is -0.366 e. The summed E-state index contributed by atoms with van der Waals surface area (Å²) in [5, 5.41) is 14.4. The summed E-state index contributed by atoms with van der Waals surface area (Å²) in [7, 11) is 0. The Morgan fingerprint density at radius 1 is 1.35 bits per heavy atom. The molecule has 0 spiro atoms. The van der Waals surface area contributed by atoms with E-state index >= 15 is 0 Å². The number of nitrogens with zero attached hydrogens (tertiary/aromatic N) is 3. The molecule has 1 aromatic heterocycles. The van der Waals surface area contributed by atoms with Gasteiger partial charge in [0.05, 0.1) is 6.20 Å². The minimum absolute atomic E-state index is 0.356. The second-order valence-electron chi connectivity index (χ2n) is 4.70. The van der Waals surface area contributed by atoms with Crippen LogP contribution in [0.3, 0.4) is 0 Å². The van der Waals surface area contributed by atoms with Crippen LogP contribution in [0.5, 0.6) is 0 Å². The Labute approximate surface area is 127 Å². The normalized spacial score (nSPS) is 12.0. The van der Waals surface area contributed by atoms with Gasteiger partial charge in [-0.1, -0.05) is 22.9 Å². The maximum absolute atomic E-state index is 4.41. The largest absolute Gasteiger partial charge is 0.366 e. The van der Waals surface area contributed by atoms with Crippen molar-refractivity contribution in [1.29, 1.82) is 0 Å². The zero-order valence-corrected chi connectivity index (χ0v) is 13.4. The van der Waals surface area contributed by atoms with Crippen LogP contribution in [0.25, 0.3) is 0 Å². The summed E-state index contributed by atoms with van der Waals surface area (Å²) in [5.74, 6) is 1.22. The van der Waals surface area contributed by atoms with Gasteiger partial charge in [0.1, 0.15) is 0 Å². The molecule has 5 nitrogen and oxygen atoms in total. The number of halogens is 1. The van der Waals surface area contributed by atoms with Crippen molar-refractivity contribution in [3.8, 4) is 0 Å². The van der Waals surface area contributed by atoms with Crippen molar-refractivity contribution in [3.05, 3.63) is 34.4 Å². The molecule has 0 bridgehead atoms. The SMILES string of the molecule is CCC(C)Nc1cnnc(Nc2ccc(Br)cc2C)n1. The van der Waals surface area contributed by atoms with Crippen molar-refractivity contribution in [1.82, 2.24) is 15.2 Å². The molecule has 1 heterocycles. The van der Waals surface area contributed by atoms with Crippen molar-refractivity contribution in [2.24, 2.45) is 0 Å². The van der Waals surface area contributed by atoms with E-state index in [0.29, 0.717) is 12.0 Å². The highest BCUT2D eigenvalue weighted by Gasteiger charge is 2.05. The molecule has 0 aliphatic rings. The number of anilines is 3. The molecule has 6 heteroatoms. The third-order valence-corrected chi connectivity index (χ3v) is 3.49. The predicted molar refractivity (Wildman–Crippen MR) is 85.4 cm³/mol. The fraction of sp³-hybridized carbons (Fsp3) is 0.357. The zero-order valence-electron chi connectivity index (χ0n) is 11.8. The van der Waals surface area contributed by atoms with E-state index in [1.165, 1.54) is 0 Å². The van der Waals surface area contributed by atoms with E-state index in [0.717, 1.165) is 28.0 Å². The lowest BCUT2D eigenvalue weighted by atomic mass is 10.2. The number of aryl methyl sites for hydroxylation is 1. The van der Waals surface area contributed by atoms with Gasteiger partial charge in [-0.15, -0.1) is 5.10 Å². The van der Waals surface area contributed by atoms with Gasteiger partial charge in [0.15, 0.2) is 5.82 Å². The standard InChI is InChI=1S/C14H18BrN5/c1-4-10(3)17-13-8-16-20-14(19-13)18-12-6-5-11(15)7-9(12)2/h5-8,10H,4H2,1-3H3,(H2,17,18,19,20). The van der Waals surface area contributed by atoms with Crippen molar-refractivity contribution in [3.63, 3.8) is 0 Å². The van der Waals surface area contributed by atoms with Crippen molar-refractivity contribution < 1.29 is 0 Å². The fourth-order valence-corrected chi connectivity index (χ4v) is 2.14. The van der Waals surface area contributed by atoms with E-state index in [-0.39, 0.29) is 0 Å². The van der Waals surface area contributed by atoms with Gasteiger partial charge in [-0.05, 0) is 44.0 Å². The Morgan fingerprint density at radius 3 is 2.85 bits per heavy atom. The van der Waals surface area contributed by atoms with E-state index in [2.05, 4.69) is 55.6 Å². The first-order chi connectivity index (χ1) is 9.58. The monoisotopic (exact) mass is 335 g/mol. The Morgan fingerprint density at radius 2 is 2.15 bits per heavy atom. The molecule has 20 heavy (non-hydrogen) atoms. The lowest BCUT2D eigenvalue weighted by Gasteiger charge is -2.13. The molecule has 1 atom stereocenters. The van der Waals surface area contributed by atoms with Gasteiger partial charge in [-0.25, -0.2) is 0 Å². The number of nitrogens with one attached hydrogen (secondary N) is 2. The molecule has 0 amide bonds. The van der Waals surface area contributed by atoms with Crippen LogP contribution in [0, 0.1) is 6.92 Å². The molecular formula is C14H18BrN5. The molecule has 2 rings (SSSR count). The summed E-state index contributed by atoms with van der Waals surface area (Å²) in [4.78, 5) is 4.41. The quantitative estimate of drug-likeness (QED) is 0.867. The van der Waals surface area contributed by atoms with Gasteiger partial charge >= 0.3 is 0 Å². The van der Waals surface area contributed by atoms with E-state index in [1.807, 2.05) is 25.1 Å². The minimum atomic E-state index is 0.356. The van der Waals surface area contributed by atoms with Gasteiger partial charge in [0, 0.05) is 16.2 Å². The van der Waals surface area contributed by atoms with Crippen LogP contribution in [0.1, 0.15) is 25.8 Å². The van der Waals surface area contributed by atoms with Crippen LogP contribution in [0.2, 0.25) is 0 Å². The highest BCUT2D eigenvalue weighted by atomic mass is 79.9. The molecule has 2 aromatic rings. The number of benzene rings is 1. The third kappa shape index (κ3) is 3.90. The van der Waals surface area contributed by atoms with Crippen molar-refractivity contribution in [2.45, 2.75) is 33.2 Å². The smallest absolute Gasteiger partial charge is 0.249 e. The van der Waals surface area contributed by atoms with Gasteiger partial charge in [-0.3, -0.25) is 0 Å². The fourth-order valence-electron chi connectivity index (χ4n) is 1.67. The summed E-state index contributed by atoms with van der Waals surface area (Å²) < 4.78 is 1.05. The zero-order chi connectivity index (χ0) is 14.5. The van der Waals surface area contributed by atoms with E-state index in [4.69, 9.17) is 0 Å². The summed E-state index contributed by atoms with van der Waals surface area (Å²) in [6.45, 7) is 6.26. The van der Waals surface area contributed by atoms with Gasteiger partial charge in [0.25, 0.3) is 0 Å². The van der Waals surface area contributed by atoms with Crippen molar-refractivity contribution >= 4 is 33.4 Å². The Kier molecular flexibility index (Phi) is 4.89. The molecule has 0 aliphatic heterocycles. The molecule has 2 N–H and O–H groups in total. The number of hydrogen-bond acceptors (Lipinski definition) is 5. The van der Waals surface area contributed by atoms with Crippen LogP contribution >= 0.6 is 15.9 Å². The summed E-state index contributed by atoms with van der Waals surface area (Å²) in [5.41, 5.74) is 2.08. The van der Waals surface area contributed by atoms with Gasteiger partial charge < -0.3 is 10.6 Å². The first-order valence-corrected chi connectivity index (χ1v) is 7.37. The van der Waals surface area contributed by atoms with Gasteiger partial charge in [-0.2, -0.15) is 10.1 Å². The third-order valence-electron chi connectivity index (χ3n) is 3.00. The van der Waals surface area contributed by atoms with E-state index in [9.17, 15) is 0 Å². The molecule has 0 saturated heterocycles. The summed E-state index contributed by atoms with van der Waals surface area (Å²) in [6, 6.07) is 6.35. The van der Waals surface area contributed by atoms with Crippen LogP contribution in [0.4, 0.5) is 17.5 Å². The van der Waals surface area contributed by atoms with Crippen LogP contribution in [-0.2, 0) is 0 Å². The number of aromatic nitrogens is 3. The second-order valence-corrected chi connectivity index (χ2v) is 5.62. The van der Waals surface area contributed by atoms with E-state index < -0.39 is 0 Å². The maximum Gasteiger partial charge on any atom is 0.249 e. The lowest BCUT2D eigenvalue weighted by Crippen LogP contribution is -2.15. The molecule has 106 valence electrons. The van der Waals surface area contributed by atoms with Crippen LogP contribution < -0.4 is 10.6 Å². The summed E-state index contributed by atoms with van der Waals surface area (Å²) in [6.07, 6.45) is 2.66. The number of hydrogen-bond donors (Lipinski definition) is 2. The Bertz CT molecular complexity index is 588. The van der Waals surface area contributed by atoms with E-state index in [1.54, 1.807) is 6.20 Å². The molecule has 0 fully saturated rings. The first kappa shape index (κ1) is 14.7. The molecule has 0 aliphatic carbocycles. The highest BCUT2D eigenvalue weighted by Crippen LogP contribution is 2.22. The molecule has 1 unspecified atom stereocenters. The molecular weight excluding hydrogens is 318 g/mol. The maximum atomic E-state index is 4.41. The van der Waals surface area contributed by atoms with Crippen molar-refractivity contribution in [2.75, 3.05) is 10.6 Å². The first-order valence-electron chi connectivity index (χ1n) is 6.58. The van der Waals surface area contributed by atoms with Crippen LogP contribution in [-0.4, -0.2) is 21.2 Å². The summed E-state index contributed by atoms with van der Waals surface area (Å²) >= 11 is 3.45. The second kappa shape index (κ2) is 6.65. The predicted octanol–water partition coefficient (Wildman–Crippen LogP) is 3.90. The number of rotatable bonds is 5. The van der Waals surface area contributed by atoms with Crippen LogP contribution in [0.15, 0.2) is 28.9 Å². The highest BCUT2D eigenvalue weighted by molar-refractivity contribution is 9.10. The average molecular weight is 336 g/mol. The Hall–Kier alpha value is -1.69. The molecule has 0 radical (unpaired) electrons. The lowest BCUT2D eigenvalue weighted by molar-refractivity contribution is 0.755. The van der Waals surface area contributed by atoms with Gasteiger partial charge in [0.2, 0.25) is 5.95 Å². The molecule has 0 saturated carbocycles.